The normalized spacial score (nSPS) is 16.2. The van der Waals surface area contributed by atoms with Gasteiger partial charge >= 0.3 is 5.97 Å². The van der Waals surface area contributed by atoms with E-state index in [9.17, 15) is 9.59 Å². The van der Waals surface area contributed by atoms with Crippen molar-refractivity contribution >= 4 is 57.7 Å². The molecule has 9 nitrogen and oxygen atoms in total. The van der Waals surface area contributed by atoms with E-state index in [0.717, 1.165) is 18.8 Å². The molecule has 1 atom stereocenters. The van der Waals surface area contributed by atoms with Gasteiger partial charge in [-0.1, -0.05) is 18.5 Å². The smallest absolute Gasteiger partial charge is 0.341 e. The summed E-state index contributed by atoms with van der Waals surface area (Å²) in [5, 5.41) is 13.7. The maximum Gasteiger partial charge on any atom is 0.341 e. The molecule has 0 bridgehead atoms. The Kier molecular flexibility index (Phi) is 6.43. The fraction of sp³-hybridized carbons (Fsp3) is 0.333. The molecule has 0 radical (unpaired) electrons. The second kappa shape index (κ2) is 9.25. The average molecular weight is 476 g/mol. The van der Waals surface area contributed by atoms with E-state index in [1.807, 2.05) is 23.9 Å². The minimum atomic E-state index is -1.15. The van der Waals surface area contributed by atoms with Crippen LogP contribution < -0.4 is 20.5 Å². The van der Waals surface area contributed by atoms with Gasteiger partial charge in [-0.05, 0) is 24.3 Å². The molecule has 1 fully saturated rings. The van der Waals surface area contributed by atoms with Crippen molar-refractivity contribution in [3.05, 3.63) is 45.8 Å². The van der Waals surface area contributed by atoms with E-state index in [4.69, 9.17) is 21.4 Å². The highest BCUT2D eigenvalue weighted by Crippen LogP contribution is 2.29. The lowest BCUT2D eigenvalue weighted by Crippen LogP contribution is -2.37. The van der Waals surface area contributed by atoms with Gasteiger partial charge in [0.25, 0.3) is 5.56 Å². The van der Waals surface area contributed by atoms with Crippen LogP contribution in [0.5, 0.6) is 5.75 Å². The zero-order valence-electron chi connectivity index (χ0n) is 17.5. The molecule has 32 heavy (non-hydrogen) atoms. The van der Waals surface area contributed by atoms with E-state index in [-0.39, 0.29) is 5.75 Å². The lowest BCUT2D eigenvalue weighted by atomic mass is 10.2. The lowest BCUT2D eigenvalue weighted by molar-refractivity contribution is -0.139. The SMILES string of the molecule is CC1CN(c2ncc(Cl)c(Nc3ccc4c(c3)cc(OCC(=O)O)c(=O)n4C)n2)CCS1. The maximum absolute atomic E-state index is 12.4. The molecular weight excluding hydrogens is 454 g/mol. The fourth-order valence-corrected chi connectivity index (χ4v) is 4.66. The van der Waals surface area contributed by atoms with Gasteiger partial charge in [-0.25, -0.2) is 9.78 Å². The van der Waals surface area contributed by atoms with Crippen LogP contribution in [0.25, 0.3) is 10.9 Å². The van der Waals surface area contributed by atoms with E-state index in [1.165, 1.54) is 10.6 Å². The highest BCUT2D eigenvalue weighted by Gasteiger charge is 2.20. The average Bonchev–Trinajstić information content (AvgIpc) is 2.76. The van der Waals surface area contributed by atoms with Crippen LogP contribution in [-0.4, -0.2) is 56.3 Å². The van der Waals surface area contributed by atoms with Crippen LogP contribution in [0.1, 0.15) is 6.92 Å². The Labute approximate surface area is 193 Å². The summed E-state index contributed by atoms with van der Waals surface area (Å²) in [6, 6.07) is 6.96. The third-order valence-corrected chi connectivity index (χ3v) is 6.47. The summed E-state index contributed by atoms with van der Waals surface area (Å²) in [4.78, 5) is 34.4. The van der Waals surface area contributed by atoms with Crippen LogP contribution in [0.2, 0.25) is 5.02 Å². The van der Waals surface area contributed by atoms with E-state index in [0.29, 0.717) is 38.6 Å². The summed E-state index contributed by atoms with van der Waals surface area (Å²) in [6.45, 7) is 3.34. The highest BCUT2D eigenvalue weighted by molar-refractivity contribution is 8.00. The third-order valence-electron chi connectivity index (χ3n) is 5.06. The molecular formula is C21H22ClN5O4S. The lowest BCUT2D eigenvalue weighted by Gasteiger charge is -2.30. The molecule has 3 aromatic rings. The van der Waals surface area contributed by atoms with Gasteiger partial charge in [0, 0.05) is 42.2 Å². The van der Waals surface area contributed by atoms with Crippen molar-refractivity contribution in [1.29, 1.82) is 0 Å². The molecule has 11 heteroatoms. The molecule has 0 amide bonds. The molecule has 1 unspecified atom stereocenters. The minimum Gasteiger partial charge on any atom is -0.479 e. The Morgan fingerprint density at radius 2 is 2.22 bits per heavy atom. The number of rotatable bonds is 6. The van der Waals surface area contributed by atoms with Gasteiger partial charge in [-0.3, -0.25) is 4.79 Å². The molecule has 0 spiro atoms. The zero-order valence-corrected chi connectivity index (χ0v) is 19.1. The van der Waals surface area contributed by atoms with Crippen molar-refractivity contribution < 1.29 is 14.6 Å². The number of halogens is 1. The molecule has 0 aliphatic carbocycles. The number of benzene rings is 1. The Bertz CT molecular complexity index is 1230. The predicted molar refractivity (Wildman–Crippen MR) is 127 cm³/mol. The Hall–Kier alpha value is -2.98. The third kappa shape index (κ3) is 4.76. The number of aryl methyl sites for hydroxylation is 1. The number of hydrogen-bond donors (Lipinski definition) is 2. The second-order valence-electron chi connectivity index (χ2n) is 7.45. The molecule has 3 heterocycles. The number of fused-ring (bicyclic) bond motifs is 1. The number of anilines is 3. The largest absolute Gasteiger partial charge is 0.479 e. The van der Waals surface area contributed by atoms with Gasteiger partial charge in [-0.2, -0.15) is 16.7 Å². The first-order chi connectivity index (χ1) is 15.3. The van der Waals surface area contributed by atoms with E-state index in [2.05, 4.69) is 27.1 Å². The first kappa shape index (κ1) is 22.2. The van der Waals surface area contributed by atoms with Crippen molar-refractivity contribution in [2.45, 2.75) is 12.2 Å². The van der Waals surface area contributed by atoms with Crippen LogP contribution in [0.15, 0.2) is 35.3 Å². The molecule has 0 saturated carbocycles. The van der Waals surface area contributed by atoms with Crippen molar-refractivity contribution in [3.8, 4) is 5.75 Å². The molecule has 1 aliphatic heterocycles. The molecule has 1 aliphatic rings. The van der Waals surface area contributed by atoms with Gasteiger partial charge < -0.3 is 24.6 Å². The summed E-state index contributed by atoms with van der Waals surface area (Å²) in [5.74, 6) is 0.939. The number of hydrogen-bond acceptors (Lipinski definition) is 8. The topological polar surface area (TPSA) is 110 Å². The summed E-state index contributed by atoms with van der Waals surface area (Å²) < 4.78 is 6.57. The fourth-order valence-electron chi connectivity index (χ4n) is 3.51. The number of pyridine rings is 1. The van der Waals surface area contributed by atoms with Crippen molar-refractivity contribution in [2.24, 2.45) is 7.05 Å². The van der Waals surface area contributed by atoms with Gasteiger partial charge in [0.15, 0.2) is 18.2 Å². The van der Waals surface area contributed by atoms with Crippen LogP contribution in [0.4, 0.5) is 17.5 Å². The number of aromatic nitrogens is 3. The van der Waals surface area contributed by atoms with Gasteiger partial charge in [0.05, 0.1) is 11.7 Å². The zero-order chi connectivity index (χ0) is 22.8. The molecule has 4 rings (SSSR count). The maximum atomic E-state index is 12.4. The number of nitrogens with zero attached hydrogens (tertiary/aromatic N) is 4. The van der Waals surface area contributed by atoms with E-state index < -0.39 is 18.1 Å². The summed E-state index contributed by atoms with van der Waals surface area (Å²) in [7, 11) is 1.61. The Balaban J connectivity index is 1.64. The molecule has 1 saturated heterocycles. The van der Waals surface area contributed by atoms with Crippen molar-refractivity contribution in [1.82, 2.24) is 14.5 Å². The minimum absolute atomic E-state index is 0.0287. The number of ether oxygens (including phenoxy) is 1. The Morgan fingerprint density at radius 3 is 2.97 bits per heavy atom. The summed E-state index contributed by atoms with van der Waals surface area (Å²) in [6.07, 6.45) is 1.58. The number of nitrogens with one attached hydrogen (secondary N) is 1. The number of thioether (sulfide) groups is 1. The standard InChI is InChI=1S/C21H22ClN5O4S/c1-12-10-27(5-6-32-12)21-23-9-15(22)19(25-21)24-14-3-4-16-13(7-14)8-17(20(30)26(16)2)31-11-18(28)29/h3-4,7-9,12H,5-6,10-11H2,1-2H3,(H,28,29)(H,23,24,25). The number of carboxylic acids is 1. The molecule has 2 N–H and O–H groups in total. The number of aliphatic carboxylic acids is 1. The molecule has 2 aromatic heterocycles. The predicted octanol–water partition coefficient (Wildman–Crippen LogP) is 3.13. The van der Waals surface area contributed by atoms with Crippen molar-refractivity contribution in [2.75, 3.05) is 35.7 Å². The van der Waals surface area contributed by atoms with Crippen LogP contribution in [-0.2, 0) is 11.8 Å². The van der Waals surface area contributed by atoms with Crippen molar-refractivity contribution in [3.63, 3.8) is 0 Å². The molecule has 168 valence electrons. The summed E-state index contributed by atoms with van der Waals surface area (Å²) >= 11 is 8.27. The Morgan fingerprint density at radius 1 is 1.41 bits per heavy atom. The van der Waals surface area contributed by atoms with E-state index >= 15 is 0 Å². The second-order valence-corrected chi connectivity index (χ2v) is 9.40. The number of carboxylic acid groups (broad SMARTS) is 1. The van der Waals surface area contributed by atoms with Crippen LogP contribution in [0, 0.1) is 0 Å². The monoisotopic (exact) mass is 475 g/mol. The van der Waals surface area contributed by atoms with Gasteiger partial charge in [-0.15, -0.1) is 0 Å². The van der Waals surface area contributed by atoms with Gasteiger partial charge in [0.2, 0.25) is 5.95 Å². The number of carbonyl (C=O) groups is 1. The first-order valence-corrected chi connectivity index (χ1v) is 11.4. The van der Waals surface area contributed by atoms with Crippen LogP contribution >= 0.6 is 23.4 Å². The van der Waals surface area contributed by atoms with Crippen LogP contribution in [0.3, 0.4) is 0 Å². The molecule has 1 aromatic carbocycles. The summed E-state index contributed by atoms with van der Waals surface area (Å²) in [5.41, 5.74) is 0.976. The quantitative estimate of drug-likeness (QED) is 0.555. The van der Waals surface area contributed by atoms with E-state index in [1.54, 1.807) is 19.3 Å². The van der Waals surface area contributed by atoms with Gasteiger partial charge in [0.1, 0.15) is 5.02 Å². The first-order valence-electron chi connectivity index (χ1n) is 9.96. The highest BCUT2D eigenvalue weighted by atomic mass is 35.5.